The number of hydrogen-bond acceptors (Lipinski definition) is 4. The second-order valence-electron chi connectivity index (χ2n) is 4.22. The fourth-order valence-corrected chi connectivity index (χ4v) is 1.49. The molecule has 0 aromatic heterocycles. The van der Waals surface area contributed by atoms with Gasteiger partial charge in [-0.2, -0.15) is 0 Å². The minimum absolute atomic E-state index is 0.0335. The molecule has 0 aliphatic rings. The lowest BCUT2D eigenvalue weighted by molar-refractivity contribution is -0.132. The summed E-state index contributed by atoms with van der Waals surface area (Å²) in [6.07, 6.45) is 1.32. The molecule has 0 aromatic carbocycles. The van der Waals surface area contributed by atoms with Crippen LogP contribution in [0.5, 0.6) is 0 Å². The summed E-state index contributed by atoms with van der Waals surface area (Å²) in [7, 11) is 0. The number of nitrogens with zero attached hydrogens (tertiary/aromatic N) is 2. The molecule has 1 unspecified atom stereocenters. The molecule has 0 aromatic rings. The van der Waals surface area contributed by atoms with Gasteiger partial charge in [0.1, 0.15) is 5.84 Å². The molecule has 0 spiro atoms. The molecule has 0 heterocycles. The van der Waals surface area contributed by atoms with E-state index in [2.05, 4.69) is 5.16 Å². The van der Waals surface area contributed by atoms with Crippen LogP contribution in [0.4, 0.5) is 0 Å². The maximum Gasteiger partial charge on any atom is 0.224 e. The van der Waals surface area contributed by atoms with E-state index in [1.807, 2.05) is 20.8 Å². The standard InChI is InChI=1S/C12H25N3O3/c1-4-7-18-8-6-11(16)15(5-2)9-10(3)12(13)14-17/h10,17H,4-9H2,1-3H3,(H2,13,14). The lowest BCUT2D eigenvalue weighted by atomic mass is 10.1. The van der Waals surface area contributed by atoms with Crippen LogP contribution in [0.2, 0.25) is 0 Å². The topological polar surface area (TPSA) is 88.2 Å². The molecule has 1 amide bonds. The van der Waals surface area contributed by atoms with E-state index < -0.39 is 0 Å². The second-order valence-corrected chi connectivity index (χ2v) is 4.22. The molecule has 6 heteroatoms. The normalized spacial score (nSPS) is 13.4. The van der Waals surface area contributed by atoms with Gasteiger partial charge in [-0.05, 0) is 13.3 Å². The van der Waals surface area contributed by atoms with Crippen LogP contribution in [0.25, 0.3) is 0 Å². The fraction of sp³-hybridized carbons (Fsp3) is 0.833. The zero-order valence-electron chi connectivity index (χ0n) is 11.6. The Labute approximate surface area is 109 Å². The third-order valence-corrected chi connectivity index (χ3v) is 2.66. The first-order valence-electron chi connectivity index (χ1n) is 6.39. The number of carbonyl (C=O) groups excluding carboxylic acids is 1. The lowest BCUT2D eigenvalue weighted by Crippen LogP contribution is -2.39. The molecule has 1 atom stereocenters. The number of nitrogens with two attached hydrogens (primary N) is 1. The van der Waals surface area contributed by atoms with Crippen molar-refractivity contribution in [3.63, 3.8) is 0 Å². The van der Waals surface area contributed by atoms with Crippen LogP contribution in [-0.4, -0.2) is 48.2 Å². The first-order chi connectivity index (χ1) is 8.56. The minimum atomic E-state index is -0.157. The number of ether oxygens (including phenoxy) is 1. The Kier molecular flexibility index (Phi) is 9.00. The maximum atomic E-state index is 11.9. The van der Waals surface area contributed by atoms with Crippen LogP contribution in [0.15, 0.2) is 5.16 Å². The van der Waals surface area contributed by atoms with E-state index in [0.29, 0.717) is 32.7 Å². The number of carbonyl (C=O) groups is 1. The molecule has 0 rings (SSSR count). The van der Waals surface area contributed by atoms with Crippen LogP contribution < -0.4 is 5.73 Å². The van der Waals surface area contributed by atoms with Crippen molar-refractivity contribution in [1.82, 2.24) is 4.90 Å². The average Bonchev–Trinajstić information content (AvgIpc) is 2.39. The van der Waals surface area contributed by atoms with E-state index >= 15 is 0 Å². The molecule has 0 aliphatic heterocycles. The monoisotopic (exact) mass is 259 g/mol. The number of rotatable bonds is 9. The van der Waals surface area contributed by atoms with Gasteiger partial charge >= 0.3 is 0 Å². The predicted molar refractivity (Wildman–Crippen MR) is 70.6 cm³/mol. The molecule has 0 bridgehead atoms. The van der Waals surface area contributed by atoms with Crippen molar-refractivity contribution in [1.29, 1.82) is 0 Å². The quantitative estimate of drug-likeness (QED) is 0.213. The van der Waals surface area contributed by atoms with Crippen LogP contribution in [0.3, 0.4) is 0 Å². The molecular formula is C12H25N3O3. The van der Waals surface area contributed by atoms with E-state index in [9.17, 15) is 4.79 Å². The Balaban J connectivity index is 4.11. The Morgan fingerprint density at radius 2 is 2.11 bits per heavy atom. The molecule has 6 nitrogen and oxygen atoms in total. The Morgan fingerprint density at radius 3 is 2.61 bits per heavy atom. The van der Waals surface area contributed by atoms with Gasteiger partial charge < -0.3 is 20.6 Å². The first kappa shape index (κ1) is 16.7. The van der Waals surface area contributed by atoms with Gasteiger partial charge in [0.15, 0.2) is 0 Å². The van der Waals surface area contributed by atoms with Crippen molar-refractivity contribution in [3.05, 3.63) is 0 Å². The summed E-state index contributed by atoms with van der Waals surface area (Å²) in [4.78, 5) is 13.6. The minimum Gasteiger partial charge on any atom is -0.409 e. The number of hydrogen-bond donors (Lipinski definition) is 2. The van der Waals surface area contributed by atoms with Crippen molar-refractivity contribution in [2.45, 2.75) is 33.6 Å². The molecule has 0 radical (unpaired) electrons. The summed E-state index contributed by atoms with van der Waals surface area (Å²) in [5.41, 5.74) is 5.50. The zero-order chi connectivity index (χ0) is 14.0. The molecule has 106 valence electrons. The van der Waals surface area contributed by atoms with Gasteiger partial charge in [0.2, 0.25) is 5.91 Å². The van der Waals surface area contributed by atoms with Gasteiger partial charge in [0.25, 0.3) is 0 Å². The van der Waals surface area contributed by atoms with Gasteiger partial charge in [0, 0.05) is 25.6 Å². The molecule has 18 heavy (non-hydrogen) atoms. The van der Waals surface area contributed by atoms with E-state index in [-0.39, 0.29) is 17.7 Å². The Bertz CT molecular complexity index is 269. The highest BCUT2D eigenvalue weighted by Gasteiger charge is 2.17. The van der Waals surface area contributed by atoms with Crippen LogP contribution in [0.1, 0.15) is 33.6 Å². The van der Waals surface area contributed by atoms with Crippen molar-refractivity contribution in [2.24, 2.45) is 16.8 Å². The summed E-state index contributed by atoms with van der Waals surface area (Å²) in [6, 6.07) is 0. The molecular weight excluding hydrogens is 234 g/mol. The molecule has 0 aliphatic carbocycles. The summed E-state index contributed by atoms with van der Waals surface area (Å²) < 4.78 is 5.29. The van der Waals surface area contributed by atoms with Crippen molar-refractivity contribution in [2.75, 3.05) is 26.3 Å². The number of oxime groups is 1. The third kappa shape index (κ3) is 6.44. The van der Waals surface area contributed by atoms with Crippen molar-refractivity contribution < 1.29 is 14.7 Å². The predicted octanol–water partition coefficient (Wildman–Crippen LogP) is 1.03. The van der Waals surface area contributed by atoms with Gasteiger partial charge in [-0.1, -0.05) is 19.0 Å². The Morgan fingerprint density at radius 1 is 1.44 bits per heavy atom. The summed E-state index contributed by atoms with van der Waals surface area (Å²) in [5, 5.41) is 11.5. The first-order valence-corrected chi connectivity index (χ1v) is 6.39. The summed E-state index contributed by atoms with van der Waals surface area (Å²) in [6.45, 7) is 7.94. The van der Waals surface area contributed by atoms with Gasteiger partial charge in [-0.25, -0.2) is 0 Å². The third-order valence-electron chi connectivity index (χ3n) is 2.66. The van der Waals surface area contributed by atoms with Crippen LogP contribution in [-0.2, 0) is 9.53 Å². The Hall–Kier alpha value is -1.30. The van der Waals surface area contributed by atoms with Crippen molar-refractivity contribution in [3.8, 4) is 0 Å². The van der Waals surface area contributed by atoms with Crippen molar-refractivity contribution >= 4 is 11.7 Å². The fourth-order valence-electron chi connectivity index (χ4n) is 1.49. The van der Waals surface area contributed by atoms with E-state index in [0.717, 1.165) is 6.42 Å². The highest BCUT2D eigenvalue weighted by Crippen LogP contribution is 2.03. The largest absolute Gasteiger partial charge is 0.409 e. The summed E-state index contributed by atoms with van der Waals surface area (Å²) >= 11 is 0. The van der Waals surface area contributed by atoms with Gasteiger partial charge in [0.05, 0.1) is 13.0 Å². The zero-order valence-corrected chi connectivity index (χ0v) is 11.6. The smallest absolute Gasteiger partial charge is 0.224 e. The molecule has 0 saturated heterocycles. The van der Waals surface area contributed by atoms with Crippen LogP contribution >= 0.6 is 0 Å². The highest BCUT2D eigenvalue weighted by atomic mass is 16.5. The summed E-state index contributed by atoms with van der Waals surface area (Å²) in [5.74, 6) is 0.0186. The molecule has 0 fully saturated rings. The van der Waals surface area contributed by atoms with Crippen LogP contribution in [0, 0.1) is 5.92 Å². The number of amidine groups is 1. The lowest BCUT2D eigenvalue weighted by Gasteiger charge is -2.24. The molecule has 0 saturated carbocycles. The van der Waals surface area contributed by atoms with E-state index in [1.165, 1.54) is 0 Å². The average molecular weight is 259 g/mol. The van der Waals surface area contributed by atoms with E-state index in [1.54, 1.807) is 4.90 Å². The SMILES string of the molecule is CCCOCCC(=O)N(CC)CC(C)C(N)=NO. The molecule has 3 N–H and O–H groups in total. The number of amides is 1. The van der Waals surface area contributed by atoms with Gasteiger partial charge in [-0.3, -0.25) is 4.79 Å². The van der Waals surface area contributed by atoms with Gasteiger partial charge in [-0.15, -0.1) is 0 Å². The maximum absolute atomic E-state index is 11.9. The second kappa shape index (κ2) is 9.70. The highest BCUT2D eigenvalue weighted by molar-refractivity contribution is 5.83. The van der Waals surface area contributed by atoms with E-state index in [4.69, 9.17) is 15.7 Å².